The van der Waals surface area contributed by atoms with E-state index in [4.69, 9.17) is 4.42 Å². The number of furan rings is 1. The van der Waals surface area contributed by atoms with Crippen molar-refractivity contribution in [2.24, 2.45) is 0 Å². The highest BCUT2D eigenvalue weighted by Gasteiger charge is 2.18. The SMILES string of the molecule is CC(CC(O)c1ccco1)NC(=O)NC1CC=CCC1. The quantitative estimate of drug-likeness (QED) is 0.724. The summed E-state index contributed by atoms with van der Waals surface area (Å²) in [4.78, 5) is 11.8. The third kappa shape index (κ3) is 4.42. The Bertz CT molecular complexity index is 442. The van der Waals surface area contributed by atoms with Crippen molar-refractivity contribution in [2.75, 3.05) is 0 Å². The van der Waals surface area contributed by atoms with Gasteiger partial charge in [0.05, 0.1) is 6.26 Å². The Labute approximate surface area is 119 Å². The maximum Gasteiger partial charge on any atom is 0.315 e. The maximum atomic E-state index is 11.8. The summed E-state index contributed by atoms with van der Waals surface area (Å²) < 4.78 is 5.14. The lowest BCUT2D eigenvalue weighted by Gasteiger charge is -2.22. The van der Waals surface area contributed by atoms with Crippen LogP contribution < -0.4 is 10.6 Å². The van der Waals surface area contributed by atoms with E-state index in [2.05, 4.69) is 22.8 Å². The van der Waals surface area contributed by atoms with Crippen LogP contribution in [0.5, 0.6) is 0 Å². The van der Waals surface area contributed by atoms with Gasteiger partial charge in [0, 0.05) is 18.5 Å². The summed E-state index contributed by atoms with van der Waals surface area (Å²) in [5, 5.41) is 15.7. The van der Waals surface area contributed by atoms with E-state index in [9.17, 15) is 9.90 Å². The van der Waals surface area contributed by atoms with E-state index >= 15 is 0 Å². The molecule has 1 aliphatic carbocycles. The number of amides is 2. The zero-order valence-corrected chi connectivity index (χ0v) is 11.7. The second kappa shape index (κ2) is 7.14. The minimum atomic E-state index is -0.696. The summed E-state index contributed by atoms with van der Waals surface area (Å²) in [5.74, 6) is 0.525. The third-order valence-electron chi connectivity index (χ3n) is 3.43. The van der Waals surface area contributed by atoms with Crippen LogP contribution >= 0.6 is 0 Å². The number of hydrogen-bond donors (Lipinski definition) is 3. The molecule has 0 saturated heterocycles. The van der Waals surface area contributed by atoms with Gasteiger partial charge in [0.15, 0.2) is 0 Å². The first-order valence-corrected chi connectivity index (χ1v) is 7.08. The highest BCUT2D eigenvalue weighted by molar-refractivity contribution is 5.74. The zero-order chi connectivity index (χ0) is 14.4. The van der Waals surface area contributed by atoms with Crippen LogP contribution in [0, 0.1) is 0 Å². The number of allylic oxidation sites excluding steroid dienone is 1. The van der Waals surface area contributed by atoms with Crippen molar-refractivity contribution in [2.45, 2.75) is 50.8 Å². The van der Waals surface area contributed by atoms with Crippen LogP contribution in [0.15, 0.2) is 35.0 Å². The minimum absolute atomic E-state index is 0.130. The van der Waals surface area contributed by atoms with E-state index in [1.54, 1.807) is 12.1 Å². The van der Waals surface area contributed by atoms with Crippen LogP contribution in [-0.4, -0.2) is 23.2 Å². The fourth-order valence-electron chi connectivity index (χ4n) is 2.37. The number of carbonyl (C=O) groups is 1. The largest absolute Gasteiger partial charge is 0.467 e. The Balaban J connectivity index is 1.72. The predicted octanol–water partition coefficient (Wildman–Crippen LogP) is 2.50. The molecule has 0 aliphatic heterocycles. The Hall–Kier alpha value is -1.75. The monoisotopic (exact) mass is 278 g/mol. The molecule has 0 aromatic carbocycles. The summed E-state index contributed by atoms with van der Waals surface area (Å²) in [6.07, 6.45) is 8.36. The average molecular weight is 278 g/mol. The van der Waals surface area contributed by atoms with Crippen LogP contribution in [0.3, 0.4) is 0 Å². The molecule has 0 fully saturated rings. The van der Waals surface area contributed by atoms with Crippen molar-refractivity contribution in [3.05, 3.63) is 36.3 Å². The van der Waals surface area contributed by atoms with Crippen molar-refractivity contribution >= 4 is 6.03 Å². The molecule has 0 spiro atoms. The number of aliphatic hydroxyl groups is 1. The molecule has 1 aliphatic rings. The van der Waals surface area contributed by atoms with Crippen molar-refractivity contribution in [3.8, 4) is 0 Å². The topological polar surface area (TPSA) is 74.5 Å². The van der Waals surface area contributed by atoms with Gasteiger partial charge in [-0.1, -0.05) is 12.2 Å². The van der Waals surface area contributed by atoms with E-state index in [1.165, 1.54) is 6.26 Å². The van der Waals surface area contributed by atoms with Gasteiger partial charge in [-0.15, -0.1) is 0 Å². The number of carbonyl (C=O) groups excluding carboxylic acids is 1. The normalized spacial score (nSPS) is 21.2. The molecule has 2 amide bonds. The summed E-state index contributed by atoms with van der Waals surface area (Å²) in [6.45, 7) is 1.87. The molecular weight excluding hydrogens is 256 g/mol. The molecule has 1 heterocycles. The summed E-state index contributed by atoms with van der Waals surface area (Å²) in [5.41, 5.74) is 0. The maximum absolute atomic E-state index is 11.8. The van der Waals surface area contributed by atoms with Crippen LogP contribution in [0.4, 0.5) is 4.79 Å². The summed E-state index contributed by atoms with van der Waals surface area (Å²) in [6, 6.07) is 3.37. The van der Waals surface area contributed by atoms with Crippen LogP contribution in [0.1, 0.15) is 44.5 Å². The number of urea groups is 1. The van der Waals surface area contributed by atoms with E-state index in [0.717, 1.165) is 19.3 Å². The van der Waals surface area contributed by atoms with Gasteiger partial charge < -0.3 is 20.2 Å². The van der Waals surface area contributed by atoms with Gasteiger partial charge in [0.25, 0.3) is 0 Å². The molecule has 5 heteroatoms. The Morgan fingerprint density at radius 3 is 3.05 bits per heavy atom. The lowest BCUT2D eigenvalue weighted by molar-refractivity contribution is 0.129. The van der Waals surface area contributed by atoms with Crippen LogP contribution in [0.25, 0.3) is 0 Å². The van der Waals surface area contributed by atoms with Gasteiger partial charge in [0.1, 0.15) is 11.9 Å². The molecule has 0 radical (unpaired) electrons. The molecule has 2 rings (SSSR count). The summed E-state index contributed by atoms with van der Waals surface area (Å²) >= 11 is 0. The Kier molecular flexibility index (Phi) is 5.24. The lowest BCUT2D eigenvalue weighted by atomic mass is 10.0. The second-order valence-corrected chi connectivity index (χ2v) is 5.27. The standard InChI is InChI=1S/C15H22N2O3/c1-11(10-13(18)14-8-5-9-20-14)16-15(19)17-12-6-3-2-4-7-12/h2-3,5,8-9,11-13,18H,4,6-7,10H2,1H3,(H2,16,17,19). The highest BCUT2D eigenvalue weighted by atomic mass is 16.4. The number of aliphatic hydroxyl groups excluding tert-OH is 1. The molecule has 5 nitrogen and oxygen atoms in total. The Morgan fingerprint density at radius 2 is 2.40 bits per heavy atom. The molecule has 3 N–H and O–H groups in total. The second-order valence-electron chi connectivity index (χ2n) is 5.27. The van der Waals surface area contributed by atoms with Crippen molar-refractivity contribution in [1.82, 2.24) is 10.6 Å². The van der Waals surface area contributed by atoms with E-state index in [0.29, 0.717) is 12.2 Å². The molecular formula is C15H22N2O3. The number of rotatable bonds is 5. The number of nitrogens with one attached hydrogen (secondary N) is 2. The fraction of sp³-hybridized carbons (Fsp3) is 0.533. The fourth-order valence-corrected chi connectivity index (χ4v) is 2.37. The molecule has 20 heavy (non-hydrogen) atoms. The molecule has 1 aromatic heterocycles. The van der Waals surface area contributed by atoms with Gasteiger partial charge >= 0.3 is 6.03 Å². The van der Waals surface area contributed by atoms with Crippen molar-refractivity contribution in [3.63, 3.8) is 0 Å². The zero-order valence-electron chi connectivity index (χ0n) is 11.7. The Morgan fingerprint density at radius 1 is 1.55 bits per heavy atom. The van der Waals surface area contributed by atoms with Crippen LogP contribution in [0.2, 0.25) is 0 Å². The van der Waals surface area contributed by atoms with E-state index in [1.807, 2.05) is 6.92 Å². The van der Waals surface area contributed by atoms with Crippen LogP contribution in [-0.2, 0) is 0 Å². The number of hydrogen-bond acceptors (Lipinski definition) is 3. The highest BCUT2D eigenvalue weighted by Crippen LogP contribution is 2.18. The smallest absolute Gasteiger partial charge is 0.315 e. The summed E-state index contributed by atoms with van der Waals surface area (Å²) in [7, 11) is 0. The van der Waals surface area contributed by atoms with Crippen molar-refractivity contribution in [1.29, 1.82) is 0 Å². The molecule has 1 aromatic rings. The van der Waals surface area contributed by atoms with Gasteiger partial charge in [-0.25, -0.2) is 4.79 Å². The average Bonchev–Trinajstić information content (AvgIpc) is 2.93. The van der Waals surface area contributed by atoms with Gasteiger partial charge in [-0.3, -0.25) is 0 Å². The minimum Gasteiger partial charge on any atom is -0.467 e. The van der Waals surface area contributed by atoms with E-state index < -0.39 is 6.10 Å². The molecule has 0 bridgehead atoms. The van der Waals surface area contributed by atoms with Gasteiger partial charge in [-0.05, 0) is 38.3 Å². The first kappa shape index (κ1) is 14.7. The first-order chi connectivity index (χ1) is 9.65. The van der Waals surface area contributed by atoms with Crippen molar-refractivity contribution < 1.29 is 14.3 Å². The van der Waals surface area contributed by atoms with E-state index in [-0.39, 0.29) is 18.1 Å². The van der Waals surface area contributed by atoms with Gasteiger partial charge in [-0.2, -0.15) is 0 Å². The predicted molar refractivity (Wildman–Crippen MR) is 76.2 cm³/mol. The molecule has 110 valence electrons. The third-order valence-corrected chi connectivity index (χ3v) is 3.43. The molecule has 3 unspecified atom stereocenters. The molecule has 3 atom stereocenters. The molecule has 0 saturated carbocycles. The lowest BCUT2D eigenvalue weighted by Crippen LogP contribution is -2.46. The first-order valence-electron chi connectivity index (χ1n) is 7.08. The van der Waals surface area contributed by atoms with Gasteiger partial charge in [0.2, 0.25) is 0 Å².